The van der Waals surface area contributed by atoms with Crippen molar-refractivity contribution in [3.63, 3.8) is 0 Å². The van der Waals surface area contributed by atoms with Gasteiger partial charge in [-0.3, -0.25) is 28.4 Å². The first kappa shape index (κ1) is 25.7. The molecular weight excluding hydrogens is 430 g/mol. The molecule has 11 heteroatoms. The highest BCUT2D eigenvalue weighted by Gasteiger charge is 2.28. The number of carbonyl (C=O) groups excluding carboxylic acids is 2. The second-order valence-corrected chi connectivity index (χ2v) is 7.50. The Bertz CT molecular complexity index is 1150. The van der Waals surface area contributed by atoms with Crippen molar-refractivity contribution in [1.29, 1.82) is 0 Å². The number of hydrogen-bond acceptors (Lipinski definition) is 8. The van der Waals surface area contributed by atoms with E-state index in [4.69, 9.17) is 15.2 Å². The highest BCUT2D eigenvalue weighted by atomic mass is 16.5. The molecule has 3 N–H and O–H groups in total. The Labute approximate surface area is 191 Å². The second-order valence-electron chi connectivity index (χ2n) is 7.50. The second kappa shape index (κ2) is 10.8. The first-order chi connectivity index (χ1) is 15.5. The van der Waals surface area contributed by atoms with Crippen LogP contribution >= 0.6 is 0 Å². The van der Waals surface area contributed by atoms with Crippen molar-refractivity contribution in [3.8, 4) is 11.5 Å². The molecule has 180 valence electrons. The van der Waals surface area contributed by atoms with Gasteiger partial charge in [-0.1, -0.05) is 0 Å². The predicted molar refractivity (Wildman–Crippen MR) is 125 cm³/mol. The molecule has 0 aliphatic heterocycles. The number of Topliss-reactive ketones (excluding diaryl/α,β-unsaturated/α-hetero) is 1. The van der Waals surface area contributed by atoms with E-state index in [1.165, 1.54) is 19.0 Å². The molecule has 1 amide bonds. The van der Waals surface area contributed by atoms with Gasteiger partial charge in [0.2, 0.25) is 5.91 Å². The van der Waals surface area contributed by atoms with Crippen molar-refractivity contribution >= 4 is 23.2 Å². The number of amides is 1. The van der Waals surface area contributed by atoms with E-state index in [2.05, 4.69) is 5.32 Å². The number of carbonyl (C=O) groups is 2. The fourth-order valence-electron chi connectivity index (χ4n) is 3.19. The van der Waals surface area contributed by atoms with Crippen molar-refractivity contribution in [2.45, 2.75) is 26.8 Å². The van der Waals surface area contributed by atoms with Crippen LogP contribution in [0, 0.1) is 0 Å². The predicted octanol–water partition coefficient (Wildman–Crippen LogP) is 0.605. The molecule has 2 rings (SSSR count). The Balaban J connectivity index is 2.16. The van der Waals surface area contributed by atoms with Crippen LogP contribution in [0.5, 0.6) is 11.5 Å². The van der Waals surface area contributed by atoms with E-state index < -0.39 is 23.1 Å². The number of nitrogen functional groups attached to an aromatic ring is 1. The summed E-state index contributed by atoms with van der Waals surface area (Å²) < 4.78 is 12.9. The fraction of sp³-hybridized carbons (Fsp3) is 0.455. The highest BCUT2D eigenvalue weighted by molar-refractivity contribution is 6.03. The first-order valence-corrected chi connectivity index (χ1v) is 10.5. The van der Waals surface area contributed by atoms with Crippen molar-refractivity contribution in [2.24, 2.45) is 14.1 Å². The monoisotopic (exact) mass is 461 g/mol. The van der Waals surface area contributed by atoms with Crippen molar-refractivity contribution in [2.75, 3.05) is 37.9 Å². The topological polar surface area (TPSA) is 138 Å². The summed E-state index contributed by atoms with van der Waals surface area (Å²) in [7, 11) is 4.23. The van der Waals surface area contributed by atoms with Gasteiger partial charge in [0, 0.05) is 25.8 Å². The van der Waals surface area contributed by atoms with Gasteiger partial charge in [0.1, 0.15) is 11.4 Å². The van der Waals surface area contributed by atoms with E-state index in [0.717, 1.165) is 9.13 Å². The molecule has 0 radical (unpaired) electrons. The smallest absolute Gasteiger partial charge is 0.332 e. The fourth-order valence-corrected chi connectivity index (χ4v) is 3.19. The molecule has 0 aliphatic rings. The molecule has 1 atom stereocenters. The molecular formula is C22H31N5O6. The van der Waals surface area contributed by atoms with E-state index >= 15 is 0 Å². The summed E-state index contributed by atoms with van der Waals surface area (Å²) in [5.41, 5.74) is 4.70. The average molecular weight is 462 g/mol. The largest absolute Gasteiger partial charge is 0.490 e. The minimum absolute atomic E-state index is 0.129. The van der Waals surface area contributed by atoms with Gasteiger partial charge in [0.25, 0.3) is 5.56 Å². The highest BCUT2D eigenvalue weighted by Crippen LogP contribution is 2.30. The first-order valence-electron chi connectivity index (χ1n) is 10.5. The SMILES string of the molecule is CCOc1ccc(NC(=O)CN(C)[C@H](C)C(=O)c2c(N)n(C)c(=O)n(C)c2=O)cc1OCC. The molecule has 0 saturated carbocycles. The zero-order chi connectivity index (χ0) is 24.9. The van der Waals surface area contributed by atoms with Gasteiger partial charge in [-0.25, -0.2) is 4.79 Å². The van der Waals surface area contributed by atoms with E-state index in [-0.39, 0.29) is 23.8 Å². The molecule has 2 aromatic rings. The Morgan fingerprint density at radius 3 is 2.30 bits per heavy atom. The van der Waals surface area contributed by atoms with Crippen molar-refractivity contribution < 1.29 is 19.1 Å². The van der Waals surface area contributed by atoms with Crippen LogP contribution in [0.15, 0.2) is 27.8 Å². The molecule has 0 aliphatic carbocycles. The summed E-state index contributed by atoms with van der Waals surface area (Å²) in [6.45, 7) is 6.06. The number of anilines is 2. The van der Waals surface area contributed by atoms with Gasteiger partial charge >= 0.3 is 5.69 Å². The van der Waals surface area contributed by atoms with E-state index in [1.807, 2.05) is 13.8 Å². The quantitative estimate of drug-likeness (QED) is 0.491. The standard InChI is InChI=1S/C22H31N5O6/c1-7-32-15-10-9-14(11-16(15)33-8-2)24-17(28)12-25(4)13(3)19(29)18-20(23)26(5)22(31)27(6)21(18)30/h9-11,13H,7-8,12,23H2,1-6H3,(H,24,28)/t13-/m1/s1. The zero-order valence-corrected chi connectivity index (χ0v) is 19.8. The number of likely N-dealkylation sites (N-methyl/N-ethyl adjacent to an activating group) is 1. The Morgan fingerprint density at radius 2 is 1.70 bits per heavy atom. The summed E-state index contributed by atoms with van der Waals surface area (Å²) in [5, 5.41) is 2.76. The normalized spacial score (nSPS) is 11.8. The van der Waals surface area contributed by atoms with Gasteiger partial charge in [0.15, 0.2) is 17.3 Å². The number of hydrogen-bond donors (Lipinski definition) is 2. The number of aromatic nitrogens is 2. The lowest BCUT2D eigenvalue weighted by Crippen LogP contribution is -2.46. The molecule has 1 heterocycles. The molecule has 0 fully saturated rings. The lowest BCUT2D eigenvalue weighted by molar-refractivity contribution is -0.117. The third-order valence-corrected chi connectivity index (χ3v) is 5.22. The lowest BCUT2D eigenvalue weighted by atomic mass is 10.1. The minimum Gasteiger partial charge on any atom is -0.490 e. The van der Waals surface area contributed by atoms with Crippen LogP contribution in [0.1, 0.15) is 31.1 Å². The molecule has 0 unspecified atom stereocenters. The zero-order valence-electron chi connectivity index (χ0n) is 19.8. The maximum absolute atomic E-state index is 13.0. The van der Waals surface area contributed by atoms with E-state index in [1.54, 1.807) is 32.2 Å². The number of ketones is 1. The molecule has 33 heavy (non-hydrogen) atoms. The van der Waals surface area contributed by atoms with E-state index in [0.29, 0.717) is 30.4 Å². The third-order valence-electron chi connectivity index (χ3n) is 5.22. The summed E-state index contributed by atoms with van der Waals surface area (Å²) >= 11 is 0. The summed E-state index contributed by atoms with van der Waals surface area (Å²) in [6, 6.07) is 4.21. The molecule has 1 aromatic heterocycles. The number of nitrogens with two attached hydrogens (primary N) is 1. The van der Waals surface area contributed by atoms with Gasteiger partial charge in [-0.2, -0.15) is 0 Å². The Morgan fingerprint density at radius 1 is 1.09 bits per heavy atom. The van der Waals surface area contributed by atoms with E-state index in [9.17, 15) is 19.2 Å². The molecule has 11 nitrogen and oxygen atoms in total. The molecule has 1 aromatic carbocycles. The van der Waals surface area contributed by atoms with Gasteiger partial charge in [-0.15, -0.1) is 0 Å². The summed E-state index contributed by atoms with van der Waals surface area (Å²) in [5.74, 6) is -0.0837. The van der Waals surface area contributed by atoms with Crippen LogP contribution in [-0.4, -0.2) is 58.6 Å². The number of ether oxygens (including phenoxy) is 2. The molecule has 0 spiro atoms. The maximum Gasteiger partial charge on any atom is 0.332 e. The minimum atomic E-state index is -0.845. The number of rotatable bonds is 10. The molecule has 0 saturated heterocycles. The average Bonchev–Trinajstić information content (AvgIpc) is 2.77. The van der Waals surface area contributed by atoms with Crippen LogP contribution in [0.2, 0.25) is 0 Å². The maximum atomic E-state index is 13.0. The molecule has 0 bridgehead atoms. The summed E-state index contributed by atoms with van der Waals surface area (Å²) in [4.78, 5) is 51.5. The van der Waals surface area contributed by atoms with Crippen molar-refractivity contribution in [3.05, 3.63) is 44.6 Å². The van der Waals surface area contributed by atoms with Crippen molar-refractivity contribution in [1.82, 2.24) is 14.0 Å². The van der Waals surface area contributed by atoms with Gasteiger partial charge in [0.05, 0.1) is 25.8 Å². The lowest BCUT2D eigenvalue weighted by Gasteiger charge is -2.23. The third kappa shape index (κ3) is 5.61. The van der Waals surface area contributed by atoms with Gasteiger partial charge < -0.3 is 20.5 Å². The van der Waals surface area contributed by atoms with Crippen LogP contribution in [0.3, 0.4) is 0 Å². The van der Waals surface area contributed by atoms with Crippen LogP contribution in [0.4, 0.5) is 11.5 Å². The number of nitrogens with zero attached hydrogens (tertiary/aromatic N) is 3. The van der Waals surface area contributed by atoms with Crippen LogP contribution < -0.4 is 31.8 Å². The number of nitrogens with one attached hydrogen (secondary N) is 1. The van der Waals surface area contributed by atoms with Crippen LogP contribution in [-0.2, 0) is 18.9 Å². The summed E-state index contributed by atoms with van der Waals surface area (Å²) in [6.07, 6.45) is 0. The Kier molecular flexibility index (Phi) is 8.41. The Hall–Kier alpha value is -3.60. The number of benzene rings is 1. The van der Waals surface area contributed by atoms with Crippen LogP contribution in [0.25, 0.3) is 0 Å². The van der Waals surface area contributed by atoms with Gasteiger partial charge in [-0.05, 0) is 40.0 Å².